The molecule has 0 heterocycles. The first-order chi connectivity index (χ1) is 5.13. The molecule has 0 N–H and O–H groups in total. The van der Waals surface area contributed by atoms with Crippen molar-refractivity contribution < 1.29 is 8.78 Å². The Kier molecular flexibility index (Phi) is 4.62. The molecule has 0 saturated heterocycles. The fraction of sp³-hybridized carbons (Fsp3) is 1.00. The Hall–Kier alpha value is -0.140. The van der Waals surface area contributed by atoms with Gasteiger partial charge >= 0.3 is 0 Å². The second-order valence-corrected chi connectivity index (χ2v) is 2.91. The van der Waals surface area contributed by atoms with E-state index in [2.05, 4.69) is 0 Å². The molecule has 0 amide bonds. The van der Waals surface area contributed by atoms with Crippen LogP contribution in [0.25, 0.3) is 0 Å². The van der Waals surface area contributed by atoms with Gasteiger partial charge in [-0.05, 0) is 12.8 Å². The third kappa shape index (κ3) is 3.17. The van der Waals surface area contributed by atoms with Gasteiger partial charge in [-0.3, -0.25) is 0 Å². The Morgan fingerprint density at radius 3 is 2.00 bits per heavy atom. The average molecular weight is 164 g/mol. The number of hydrogen-bond donors (Lipinski definition) is 0. The highest BCUT2D eigenvalue weighted by molar-refractivity contribution is 4.77. The van der Waals surface area contributed by atoms with Gasteiger partial charge in [0.25, 0.3) is 5.92 Å². The van der Waals surface area contributed by atoms with E-state index in [0.717, 1.165) is 6.42 Å². The van der Waals surface area contributed by atoms with E-state index >= 15 is 0 Å². The Bertz CT molecular complexity index is 99.7. The SMILES string of the molecule is CC.C[C@@H]1CCCCC1(F)F. The van der Waals surface area contributed by atoms with Crippen LogP contribution in [0.2, 0.25) is 0 Å². The summed E-state index contributed by atoms with van der Waals surface area (Å²) < 4.78 is 25.2. The second-order valence-electron chi connectivity index (χ2n) is 2.91. The normalized spacial score (nSPS) is 28.6. The molecule has 0 unspecified atom stereocenters. The van der Waals surface area contributed by atoms with Crippen LogP contribution in [-0.2, 0) is 0 Å². The zero-order valence-corrected chi connectivity index (χ0v) is 7.66. The molecule has 1 fully saturated rings. The predicted molar refractivity (Wildman–Crippen MR) is 43.9 cm³/mol. The molecule has 2 heteroatoms. The smallest absolute Gasteiger partial charge is 0.207 e. The molecule has 0 radical (unpaired) electrons. The van der Waals surface area contributed by atoms with E-state index in [1.165, 1.54) is 0 Å². The van der Waals surface area contributed by atoms with E-state index in [0.29, 0.717) is 12.8 Å². The number of halogens is 2. The Morgan fingerprint density at radius 1 is 1.18 bits per heavy atom. The topological polar surface area (TPSA) is 0 Å². The summed E-state index contributed by atoms with van der Waals surface area (Å²) in [6, 6.07) is 0. The maximum Gasteiger partial charge on any atom is 0.250 e. The second kappa shape index (κ2) is 4.68. The molecule has 1 atom stereocenters. The maximum atomic E-state index is 12.6. The van der Waals surface area contributed by atoms with Crippen molar-refractivity contribution in [2.75, 3.05) is 0 Å². The standard InChI is InChI=1S/C7H12F2.C2H6/c1-6-4-2-3-5-7(6,8)9;1-2/h6H,2-5H2,1H3;1-2H3/t6-;/m1./s1. The molecule has 68 valence electrons. The summed E-state index contributed by atoms with van der Waals surface area (Å²) in [6.45, 7) is 5.64. The average Bonchev–Trinajstić information content (AvgIpc) is 2.00. The molecule has 0 spiro atoms. The minimum absolute atomic E-state index is 0.105. The van der Waals surface area contributed by atoms with Crippen molar-refractivity contribution >= 4 is 0 Å². The first kappa shape index (κ1) is 10.9. The van der Waals surface area contributed by atoms with Gasteiger partial charge in [0, 0.05) is 12.3 Å². The summed E-state index contributed by atoms with van der Waals surface area (Å²) in [7, 11) is 0. The Labute approximate surface area is 68.0 Å². The van der Waals surface area contributed by atoms with Crippen LogP contribution in [0.15, 0.2) is 0 Å². The summed E-state index contributed by atoms with van der Waals surface area (Å²) in [5, 5.41) is 0. The van der Waals surface area contributed by atoms with E-state index in [-0.39, 0.29) is 12.3 Å². The van der Waals surface area contributed by atoms with Gasteiger partial charge in [-0.25, -0.2) is 8.78 Å². The third-order valence-electron chi connectivity index (χ3n) is 2.12. The van der Waals surface area contributed by atoms with Crippen LogP contribution in [0.5, 0.6) is 0 Å². The molecule has 1 aliphatic carbocycles. The summed E-state index contributed by atoms with van der Waals surface area (Å²) >= 11 is 0. The lowest BCUT2D eigenvalue weighted by atomic mass is 9.87. The predicted octanol–water partition coefficient (Wildman–Crippen LogP) is 3.86. The number of alkyl halides is 2. The van der Waals surface area contributed by atoms with Crippen LogP contribution in [0.1, 0.15) is 46.5 Å². The lowest BCUT2D eigenvalue weighted by molar-refractivity contribution is -0.0783. The van der Waals surface area contributed by atoms with Crippen molar-refractivity contribution in [2.24, 2.45) is 5.92 Å². The quantitative estimate of drug-likeness (QED) is 0.510. The van der Waals surface area contributed by atoms with Gasteiger partial charge in [-0.2, -0.15) is 0 Å². The fourth-order valence-electron chi connectivity index (χ4n) is 1.27. The summed E-state index contributed by atoms with van der Waals surface area (Å²) in [5.41, 5.74) is 0. The molecule has 1 aliphatic rings. The van der Waals surface area contributed by atoms with E-state index < -0.39 is 5.92 Å². The highest BCUT2D eigenvalue weighted by Crippen LogP contribution is 2.37. The lowest BCUT2D eigenvalue weighted by Crippen LogP contribution is -2.29. The molecule has 0 aliphatic heterocycles. The molecule has 1 saturated carbocycles. The van der Waals surface area contributed by atoms with Crippen LogP contribution in [-0.4, -0.2) is 5.92 Å². The molecule has 11 heavy (non-hydrogen) atoms. The first-order valence-electron chi connectivity index (χ1n) is 4.51. The van der Waals surface area contributed by atoms with Gasteiger partial charge in [0.1, 0.15) is 0 Å². The minimum atomic E-state index is -2.36. The first-order valence-corrected chi connectivity index (χ1v) is 4.51. The Morgan fingerprint density at radius 2 is 1.73 bits per heavy atom. The van der Waals surface area contributed by atoms with Gasteiger partial charge in [0.15, 0.2) is 0 Å². The largest absolute Gasteiger partial charge is 0.250 e. The zero-order chi connectivity index (χ0) is 8.91. The van der Waals surface area contributed by atoms with Gasteiger partial charge in [0.05, 0.1) is 0 Å². The van der Waals surface area contributed by atoms with Gasteiger partial charge < -0.3 is 0 Å². The van der Waals surface area contributed by atoms with Crippen LogP contribution >= 0.6 is 0 Å². The number of hydrogen-bond acceptors (Lipinski definition) is 0. The molecule has 1 rings (SSSR count). The van der Waals surface area contributed by atoms with Crippen LogP contribution in [0, 0.1) is 5.92 Å². The monoisotopic (exact) mass is 164 g/mol. The minimum Gasteiger partial charge on any atom is -0.207 e. The lowest BCUT2D eigenvalue weighted by Gasteiger charge is -2.27. The van der Waals surface area contributed by atoms with Gasteiger partial charge in [-0.15, -0.1) is 0 Å². The van der Waals surface area contributed by atoms with Crippen LogP contribution in [0.4, 0.5) is 8.78 Å². The maximum absolute atomic E-state index is 12.6. The van der Waals surface area contributed by atoms with Gasteiger partial charge in [-0.1, -0.05) is 27.2 Å². The van der Waals surface area contributed by atoms with E-state index in [4.69, 9.17) is 0 Å². The van der Waals surface area contributed by atoms with Crippen molar-refractivity contribution in [1.82, 2.24) is 0 Å². The van der Waals surface area contributed by atoms with E-state index in [1.54, 1.807) is 6.92 Å². The molecule has 0 aromatic carbocycles. The zero-order valence-electron chi connectivity index (χ0n) is 7.66. The highest BCUT2D eigenvalue weighted by atomic mass is 19.3. The fourth-order valence-corrected chi connectivity index (χ4v) is 1.27. The molecule has 0 bridgehead atoms. The van der Waals surface area contributed by atoms with Crippen LogP contribution in [0.3, 0.4) is 0 Å². The Balaban J connectivity index is 0.000000461. The van der Waals surface area contributed by atoms with Crippen molar-refractivity contribution in [1.29, 1.82) is 0 Å². The molecular formula is C9H18F2. The van der Waals surface area contributed by atoms with E-state index in [1.807, 2.05) is 13.8 Å². The third-order valence-corrected chi connectivity index (χ3v) is 2.12. The summed E-state index contributed by atoms with van der Waals surface area (Å²) in [6.07, 6.45) is 2.50. The summed E-state index contributed by atoms with van der Waals surface area (Å²) in [4.78, 5) is 0. The molecule has 0 aromatic heterocycles. The van der Waals surface area contributed by atoms with Crippen molar-refractivity contribution in [3.63, 3.8) is 0 Å². The molecule has 0 aromatic rings. The van der Waals surface area contributed by atoms with Gasteiger partial charge in [0.2, 0.25) is 0 Å². The van der Waals surface area contributed by atoms with E-state index in [9.17, 15) is 8.78 Å². The van der Waals surface area contributed by atoms with Crippen molar-refractivity contribution in [2.45, 2.75) is 52.4 Å². The van der Waals surface area contributed by atoms with Crippen molar-refractivity contribution in [3.05, 3.63) is 0 Å². The molecule has 0 nitrogen and oxygen atoms in total. The van der Waals surface area contributed by atoms with Crippen LogP contribution < -0.4 is 0 Å². The van der Waals surface area contributed by atoms with Crippen molar-refractivity contribution in [3.8, 4) is 0 Å². The highest BCUT2D eigenvalue weighted by Gasteiger charge is 2.37. The molecular weight excluding hydrogens is 146 g/mol. The summed E-state index contributed by atoms with van der Waals surface area (Å²) in [5.74, 6) is -2.75. The number of rotatable bonds is 0.